The Morgan fingerprint density at radius 1 is 1.32 bits per heavy atom. The maximum atomic E-state index is 5.78. The molecule has 0 saturated heterocycles. The molecule has 0 atom stereocenters. The average Bonchev–Trinajstić information content (AvgIpc) is 2.46. The molecule has 0 amide bonds. The molecule has 0 aliphatic rings. The van der Waals surface area contributed by atoms with Crippen LogP contribution in [0.15, 0.2) is 47.2 Å². The molecule has 2 rings (SSSR count). The molecule has 2 aromatic rings. The highest BCUT2D eigenvalue weighted by molar-refractivity contribution is 9.10. The molecule has 0 aliphatic carbocycles. The molecule has 0 radical (unpaired) electrons. The number of ether oxygens (including phenoxy) is 1. The molecule has 0 unspecified atom stereocenters. The number of halogens is 1. The fourth-order valence-corrected chi connectivity index (χ4v) is 2.07. The second kappa shape index (κ2) is 7.26. The normalized spacial score (nSPS) is 10.4. The Balaban J connectivity index is 2.00. The summed E-state index contributed by atoms with van der Waals surface area (Å²) in [6.45, 7) is 4.42. The van der Waals surface area contributed by atoms with E-state index < -0.39 is 0 Å². The molecular formula is C15H17BrN2O. The summed E-state index contributed by atoms with van der Waals surface area (Å²) in [5.41, 5.74) is 2.27. The van der Waals surface area contributed by atoms with Crippen molar-refractivity contribution < 1.29 is 4.74 Å². The third-order valence-corrected chi connectivity index (χ3v) is 3.48. The van der Waals surface area contributed by atoms with Gasteiger partial charge in [0.2, 0.25) is 0 Å². The molecule has 4 heteroatoms. The molecule has 1 N–H and O–H groups in total. The minimum atomic E-state index is 0.538. The van der Waals surface area contributed by atoms with Crippen LogP contribution in [0.4, 0.5) is 0 Å². The van der Waals surface area contributed by atoms with Crippen LogP contribution in [-0.2, 0) is 13.2 Å². The van der Waals surface area contributed by atoms with Crippen LogP contribution < -0.4 is 10.1 Å². The van der Waals surface area contributed by atoms with E-state index in [1.165, 1.54) is 5.56 Å². The van der Waals surface area contributed by atoms with Gasteiger partial charge in [0.05, 0.1) is 0 Å². The van der Waals surface area contributed by atoms with Crippen LogP contribution >= 0.6 is 15.9 Å². The minimum Gasteiger partial charge on any atom is -0.489 e. The van der Waals surface area contributed by atoms with Gasteiger partial charge in [-0.05, 0) is 36.4 Å². The van der Waals surface area contributed by atoms with Crippen molar-refractivity contribution in [2.24, 2.45) is 0 Å². The highest BCUT2D eigenvalue weighted by Gasteiger charge is 2.02. The summed E-state index contributed by atoms with van der Waals surface area (Å²) >= 11 is 3.55. The number of hydrogen-bond acceptors (Lipinski definition) is 3. The summed E-state index contributed by atoms with van der Waals surface area (Å²) in [6.07, 6.45) is 3.58. The van der Waals surface area contributed by atoms with Gasteiger partial charge in [-0.3, -0.25) is 4.98 Å². The van der Waals surface area contributed by atoms with Crippen LogP contribution in [0.1, 0.15) is 18.1 Å². The average molecular weight is 321 g/mol. The lowest BCUT2D eigenvalue weighted by atomic mass is 10.2. The Hall–Kier alpha value is -1.39. The Morgan fingerprint density at radius 2 is 2.21 bits per heavy atom. The van der Waals surface area contributed by atoms with Crippen LogP contribution in [0.2, 0.25) is 0 Å². The van der Waals surface area contributed by atoms with E-state index in [9.17, 15) is 0 Å². The lowest BCUT2D eigenvalue weighted by molar-refractivity contribution is 0.305. The fraction of sp³-hybridized carbons (Fsp3) is 0.267. The Bertz CT molecular complexity index is 517. The van der Waals surface area contributed by atoms with Crippen LogP contribution in [0.5, 0.6) is 5.75 Å². The molecule has 0 bridgehead atoms. The first-order valence-corrected chi connectivity index (χ1v) is 7.09. The van der Waals surface area contributed by atoms with E-state index in [2.05, 4.69) is 39.2 Å². The van der Waals surface area contributed by atoms with Gasteiger partial charge in [-0.15, -0.1) is 0 Å². The van der Waals surface area contributed by atoms with E-state index in [0.29, 0.717) is 6.61 Å². The second-order valence-corrected chi connectivity index (χ2v) is 5.04. The van der Waals surface area contributed by atoms with Crippen molar-refractivity contribution in [2.75, 3.05) is 6.54 Å². The predicted octanol–water partition coefficient (Wildman–Crippen LogP) is 3.53. The summed E-state index contributed by atoms with van der Waals surface area (Å²) in [6, 6.07) is 9.96. The van der Waals surface area contributed by atoms with E-state index in [1.807, 2.05) is 30.5 Å². The molecule has 1 heterocycles. The number of pyridine rings is 1. The third kappa shape index (κ3) is 4.33. The summed E-state index contributed by atoms with van der Waals surface area (Å²) in [5, 5.41) is 3.31. The van der Waals surface area contributed by atoms with Gasteiger partial charge >= 0.3 is 0 Å². The number of nitrogens with one attached hydrogen (secondary N) is 1. The van der Waals surface area contributed by atoms with Crippen molar-refractivity contribution in [2.45, 2.75) is 20.1 Å². The largest absolute Gasteiger partial charge is 0.489 e. The zero-order chi connectivity index (χ0) is 13.5. The molecular weight excluding hydrogens is 304 g/mol. The molecule has 100 valence electrons. The Labute approximate surface area is 122 Å². The maximum Gasteiger partial charge on any atom is 0.120 e. The number of aromatic nitrogens is 1. The second-order valence-electron chi connectivity index (χ2n) is 4.18. The van der Waals surface area contributed by atoms with Crippen LogP contribution in [0.25, 0.3) is 0 Å². The summed E-state index contributed by atoms with van der Waals surface area (Å²) in [7, 11) is 0. The van der Waals surface area contributed by atoms with Crippen molar-refractivity contribution in [3.05, 3.63) is 58.3 Å². The van der Waals surface area contributed by atoms with Gasteiger partial charge in [-0.1, -0.05) is 28.9 Å². The molecule has 0 fully saturated rings. The van der Waals surface area contributed by atoms with Gasteiger partial charge in [0.25, 0.3) is 0 Å². The van der Waals surface area contributed by atoms with E-state index >= 15 is 0 Å². The van der Waals surface area contributed by atoms with Gasteiger partial charge in [-0.25, -0.2) is 0 Å². The van der Waals surface area contributed by atoms with Crippen molar-refractivity contribution in [1.29, 1.82) is 0 Å². The number of benzene rings is 1. The van der Waals surface area contributed by atoms with E-state index in [0.717, 1.165) is 28.9 Å². The molecule has 3 nitrogen and oxygen atoms in total. The zero-order valence-electron chi connectivity index (χ0n) is 10.9. The summed E-state index contributed by atoms with van der Waals surface area (Å²) in [4.78, 5) is 4.07. The standard InChI is InChI=1S/C15H17BrN2O/c1-2-17-10-13-8-14(5-6-15(13)16)19-11-12-4-3-7-18-9-12/h3-9,17H,2,10-11H2,1H3. The highest BCUT2D eigenvalue weighted by atomic mass is 79.9. The molecule has 1 aromatic carbocycles. The van der Waals surface area contributed by atoms with Gasteiger partial charge in [-0.2, -0.15) is 0 Å². The molecule has 1 aromatic heterocycles. The smallest absolute Gasteiger partial charge is 0.120 e. The highest BCUT2D eigenvalue weighted by Crippen LogP contribution is 2.23. The van der Waals surface area contributed by atoms with Crippen LogP contribution in [0, 0.1) is 0 Å². The maximum absolute atomic E-state index is 5.78. The summed E-state index contributed by atoms with van der Waals surface area (Å²) in [5.74, 6) is 0.875. The molecule has 0 aliphatic heterocycles. The number of hydrogen-bond donors (Lipinski definition) is 1. The van der Waals surface area contributed by atoms with Gasteiger partial charge in [0.1, 0.15) is 12.4 Å². The zero-order valence-corrected chi connectivity index (χ0v) is 12.5. The van der Waals surface area contributed by atoms with E-state index in [4.69, 9.17) is 4.74 Å². The lowest BCUT2D eigenvalue weighted by Crippen LogP contribution is -2.12. The Morgan fingerprint density at radius 3 is 2.95 bits per heavy atom. The van der Waals surface area contributed by atoms with Crippen molar-refractivity contribution in [1.82, 2.24) is 10.3 Å². The van der Waals surface area contributed by atoms with E-state index in [1.54, 1.807) is 6.20 Å². The quantitative estimate of drug-likeness (QED) is 0.884. The van der Waals surface area contributed by atoms with Crippen molar-refractivity contribution in [3.8, 4) is 5.75 Å². The van der Waals surface area contributed by atoms with Crippen LogP contribution in [0.3, 0.4) is 0 Å². The van der Waals surface area contributed by atoms with Gasteiger partial charge < -0.3 is 10.1 Å². The Kier molecular flexibility index (Phi) is 5.36. The van der Waals surface area contributed by atoms with Crippen molar-refractivity contribution in [3.63, 3.8) is 0 Å². The number of rotatable bonds is 6. The first kappa shape index (κ1) is 14.0. The number of nitrogens with zero attached hydrogens (tertiary/aromatic N) is 1. The van der Waals surface area contributed by atoms with E-state index in [-0.39, 0.29) is 0 Å². The fourth-order valence-electron chi connectivity index (χ4n) is 1.69. The minimum absolute atomic E-state index is 0.538. The predicted molar refractivity (Wildman–Crippen MR) is 80.1 cm³/mol. The summed E-state index contributed by atoms with van der Waals surface area (Å²) < 4.78 is 6.88. The van der Waals surface area contributed by atoms with Gasteiger partial charge in [0.15, 0.2) is 0 Å². The topological polar surface area (TPSA) is 34.1 Å². The lowest BCUT2D eigenvalue weighted by Gasteiger charge is -2.10. The molecule has 0 spiro atoms. The van der Waals surface area contributed by atoms with Crippen molar-refractivity contribution >= 4 is 15.9 Å². The SMILES string of the molecule is CCNCc1cc(OCc2cccnc2)ccc1Br. The molecule has 19 heavy (non-hydrogen) atoms. The molecule has 0 saturated carbocycles. The third-order valence-electron chi connectivity index (χ3n) is 2.71. The first-order valence-electron chi connectivity index (χ1n) is 6.30. The first-order chi connectivity index (χ1) is 9.29. The van der Waals surface area contributed by atoms with Gasteiger partial charge in [0, 0.05) is 29.0 Å². The van der Waals surface area contributed by atoms with Crippen LogP contribution in [-0.4, -0.2) is 11.5 Å². The monoisotopic (exact) mass is 320 g/mol.